The Morgan fingerprint density at radius 1 is 1.07 bits per heavy atom. The Labute approximate surface area is 89.2 Å². The maximum atomic E-state index is 7.08. The first-order valence-corrected chi connectivity index (χ1v) is 4.36. The third-order valence-corrected chi connectivity index (χ3v) is 2.11. The molecule has 0 atom stereocenters. The Kier molecular flexibility index (Phi) is 3.40. The Bertz CT molecular complexity index is 407. The third kappa shape index (κ3) is 1.82. The first-order valence-electron chi connectivity index (χ1n) is 4.36. The minimum absolute atomic E-state index is 0.421. The van der Waals surface area contributed by atoms with Gasteiger partial charge in [0.1, 0.15) is 0 Å². The smallest absolute Gasteiger partial charge is 0.235 e. The molecule has 0 heterocycles. The number of aryl methyl sites for hydroxylation is 1. The van der Waals surface area contributed by atoms with E-state index < -0.39 is 0 Å². The molecule has 80 valence electrons. The average molecular weight is 206 g/mol. The highest BCUT2D eigenvalue weighted by Crippen LogP contribution is 2.46. The molecular formula is C11H13NO3. The van der Waals surface area contributed by atoms with Crippen LogP contribution in [0.5, 0.6) is 17.2 Å². The van der Waals surface area contributed by atoms with E-state index in [0.717, 1.165) is 5.56 Å². The monoisotopic (exact) mass is 206 g/mol. The van der Waals surface area contributed by atoms with Gasteiger partial charge in [0, 0.05) is 0 Å². The van der Waals surface area contributed by atoms with Gasteiger partial charge in [0.15, 0.2) is 17.2 Å². The zero-order chi connectivity index (χ0) is 11.4. The van der Waals surface area contributed by atoms with Crippen molar-refractivity contribution < 1.29 is 14.2 Å². The Morgan fingerprint density at radius 3 is 2.07 bits per heavy atom. The van der Waals surface area contributed by atoms with E-state index in [0.29, 0.717) is 22.9 Å². The summed E-state index contributed by atoms with van der Waals surface area (Å²) in [6, 6.07) is 1.76. The van der Waals surface area contributed by atoms with Crippen molar-refractivity contribution in [3.05, 3.63) is 23.0 Å². The van der Waals surface area contributed by atoms with Crippen LogP contribution in [0.1, 0.15) is 5.56 Å². The standard InChI is InChI=1S/C11H13NO3/c1-7-6-8(13-3)10(14-4)11(15-5)9(7)12-2/h6H,1,3-5H3/i2-1. The van der Waals surface area contributed by atoms with Gasteiger partial charge in [0.05, 0.1) is 27.9 Å². The van der Waals surface area contributed by atoms with Gasteiger partial charge in [-0.3, -0.25) is 0 Å². The van der Waals surface area contributed by atoms with E-state index in [1.807, 2.05) is 6.92 Å². The summed E-state index contributed by atoms with van der Waals surface area (Å²) in [6.45, 7) is 8.91. The van der Waals surface area contributed by atoms with Crippen molar-refractivity contribution in [1.29, 1.82) is 0 Å². The number of hydrogen-bond acceptors (Lipinski definition) is 3. The van der Waals surface area contributed by atoms with Crippen molar-refractivity contribution in [3.63, 3.8) is 0 Å². The molecule has 4 heteroatoms. The van der Waals surface area contributed by atoms with Gasteiger partial charge in [0.2, 0.25) is 5.69 Å². The van der Waals surface area contributed by atoms with Crippen molar-refractivity contribution in [3.8, 4) is 17.2 Å². The molecule has 0 aliphatic carbocycles. The zero-order valence-electron chi connectivity index (χ0n) is 9.25. The highest BCUT2D eigenvalue weighted by molar-refractivity contribution is 5.72. The zero-order valence-corrected chi connectivity index (χ0v) is 9.25. The number of benzene rings is 1. The lowest BCUT2D eigenvalue weighted by atomic mass is 10.1. The van der Waals surface area contributed by atoms with Crippen LogP contribution in [-0.2, 0) is 0 Å². The summed E-state index contributed by atoms with van der Waals surface area (Å²) in [5, 5.41) is 0. The minimum Gasteiger partial charge on any atom is -0.504 e. The molecule has 0 aliphatic heterocycles. The molecule has 1 rings (SSSR count). The molecule has 0 unspecified atom stereocenters. The molecule has 1 aromatic carbocycles. The molecule has 4 nitrogen and oxygen atoms in total. The predicted molar refractivity (Wildman–Crippen MR) is 57.1 cm³/mol. The van der Waals surface area contributed by atoms with Gasteiger partial charge in [-0.1, -0.05) is 0 Å². The van der Waals surface area contributed by atoms with E-state index in [-0.39, 0.29) is 0 Å². The lowest BCUT2D eigenvalue weighted by molar-refractivity contribution is 0.325. The quantitative estimate of drug-likeness (QED) is 0.712. The molecule has 0 radical (unpaired) electrons. The summed E-state index contributed by atoms with van der Waals surface area (Å²) >= 11 is 0. The van der Waals surface area contributed by atoms with Crippen molar-refractivity contribution in [1.82, 2.24) is 0 Å². The topological polar surface area (TPSA) is 32.0 Å². The molecule has 0 saturated carbocycles. The number of hydrogen-bond donors (Lipinski definition) is 0. The van der Waals surface area contributed by atoms with Crippen molar-refractivity contribution in [2.75, 3.05) is 21.3 Å². The van der Waals surface area contributed by atoms with Crippen LogP contribution in [-0.4, -0.2) is 21.3 Å². The summed E-state index contributed by atoms with van der Waals surface area (Å²) in [6.07, 6.45) is 0. The molecular weight excluding hydrogens is 193 g/mol. The molecule has 0 aromatic heterocycles. The largest absolute Gasteiger partial charge is 0.504 e. The van der Waals surface area contributed by atoms with E-state index in [4.69, 9.17) is 20.8 Å². The van der Waals surface area contributed by atoms with Gasteiger partial charge >= 0.3 is 0 Å². The van der Waals surface area contributed by atoms with E-state index in [1.54, 1.807) is 13.2 Å². The second kappa shape index (κ2) is 4.56. The van der Waals surface area contributed by atoms with E-state index in [9.17, 15) is 0 Å². The summed E-state index contributed by atoms with van der Waals surface area (Å²) in [5.41, 5.74) is 1.26. The molecule has 0 spiro atoms. The molecule has 1 aromatic rings. The van der Waals surface area contributed by atoms with Crippen LogP contribution in [0.4, 0.5) is 5.69 Å². The van der Waals surface area contributed by atoms with Crippen molar-refractivity contribution in [2.24, 2.45) is 0 Å². The Morgan fingerprint density at radius 2 is 1.67 bits per heavy atom. The van der Waals surface area contributed by atoms with Crippen LogP contribution in [0.3, 0.4) is 0 Å². The molecule has 0 aliphatic rings. The van der Waals surface area contributed by atoms with E-state index >= 15 is 0 Å². The first-order chi connectivity index (χ1) is 7.19. The maximum absolute atomic E-state index is 7.08. The number of ether oxygens (including phenoxy) is 3. The number of methoxy groups -OCH3 is 3. The van der Waals surface area contributed by atoms with E-state index in [2.05, 4.69) is 4.85 Å². The lowest BCUT2D eigenvalue weighted by Crippen LogP contribution is -1.96. The van der Waals surface area contributed by atoms with Gasteiger partial charge in [-0.2, -0.15) is 0 Å². The van der Waals surface area contributed by atoms with Crippen LogP contribution in [0.2, 0.25) is 0 Å². The maximum Gasteiger partial charge on any atom is 0.235 e. The van der Waals surface area contributed by atoms with Gasteiger partial charge < -0.3 is 14.2 Å². The van der Waals surface area contributed by atoms with Crippen LogP contribution >= 0.6 is 0 Å². The molecule has 0 fully saturated rings. The number of nitrogens with zero attached hydrogens (tertiary/aromatic N) is 1. The Balaban J connectivity index is 3.53. The van der Waals surface area contributed by atoms with Crippen LogP contribution < -0.4 is 14.2 Å². The van der Waals surface area contributed by atoms with E-state index in [1.165, 1.54) is 14.2 Å². The highest BCUT2D eigenvalue weighted by Gasteiger charge is 2.18. The van der Waals surface area contributed by atoms with Gasteiger partial charge in [0.25, 0.3) is 0 Å². The average Bonchev–Trinajstić information content (AvgIpc) is 2.27. The second-order valence-corrected chi connectivity index (χ2v) is 2.92. The molecule has 15 heavy (non-hydrogen) atoms. The van der Waals surface area contributed by atoms with Crippen LogP contribution in [0, 0.1) is 13.5 Å². The van der Waals surface area contributed by atoms with Crippen LogP contribution in [0.25, 0.3) is 4.85 Å². The lowest BCUT2D eigenvalue weighted by Gasteiger charge is -2.14. The fraction of sp³-hybridized carbons (Fsp3) is 0.364. The fourth-order valence-corrected chi connectivity index (χ4v) is 1.40. The third-order valence-electron chi connectivity index (χ3n) is 2.11. The van der Waals surface area contributed by atoms with Crippen LogP contribution in [0.15, 0.2) is 6.07 Å². The minimum atomic E-state index is 0.421. The molecule has 0 saturated heterocycles. The van der Waals surface area contributed by atoms with Crippen molar-refractivity contribution in [2.45, 2.75) is 6.92 Å². The molecule has 0 N–H and O–H groups in total. The van der Waals surface area contributed by atoms with Gasteiger partial charge in [-0.25, -0.2) is 4.85 Å². The second-order valence-electron chi connectivity index (χ2n) is 2.92. The molecule has 0 bridgehead atoms. The summed E-state index contributed by atoms with van der Waals surface area (Å²) < 4.78 is 15.5. The van der Waals surface area contributed by atoms with Gasteiger partial charge in [-0.05, 0) is 18.6 Å². The van der Waals surface area contributed by atoms with Gasteiger partial charge in [-0.15, -0.1) is 0 Å². The fourth-order valence-electron chi connectivity index (χ4n) is 1.40. The highest BCUT2D eigenvalue weighted by atomic mass is 16.5. The summed E-state index contributed by atoms with van der Waals surface area (Å²) in [4.78, 5) is 3.41. The van der Waals surface area contributed by atoms with Crippen molar-refractivity contribution >= 4 is 5.69 Å². The summed E-state index contributed by atoms with van der Waals surface area (Å²) in [5.74, 6) is 1.44. The predicted octanol–water partition coefficient (Wildman–Crippen LogP) is 2.57. The Hall–Kier alpha value is -1.89. The first kappa shape index (κ1) is 11.2. The number of rotatable bonds is 3. The molecule has 0 amide bonds. The SMILES string of the molecule is COc1cc(C)c([N+]#[11C-])c(OC)c1OC. The summed E-state index contributed by atoms with van der Waals surface area (Å²) in [7, 11) is 4.57. The normalized spacial score (nSPS) is 9.27.